The Balaban J connectivity index is 1.86. The molecule has 1 heterocycles. The standard InChI is InChI=1S/C18H28N2O/c1-14(2)17(11-15-7-4-3-5-8-15)18(21)20-13-16-9-6-10-19-12-16/h3-5,7-8,14,16-17,19H,6,9-13H2,1-2H3,(H,20,21). The average molecular weight is 288 g/mol. The summed E-state index contributed by atoms with van der Waals surface area (Å²) in [5, 5.41) is 6.57. The van der Waals surface area contributed by atoms with Gasteiger partial charge in [-0.05, 0) is 49.8 Å². The quantitative estimate of drug-likeness (QED) is 0.845. The summed E-state index contributed by atoms with van der Waals surface area (Å²) in [4.78, 5) is 12.5. The van der Waals surface area contributed by atoms with E-state index in [9.17, 15) is 4.79 Å². The molecule has 2 atom stereocenters. The zero-order valence-corrected chi connectivity index (χ0v) is 13.3. The molecule has 116 valence electrons. The number of amides is 1. The second kappa shape index (κ2) is 8.18. The van der Waals surface area contributed by atoms with Gasteiger partial charge in [-0.1, -0.05) is 44.2 Å². The lowest BCUT2D eigenvalue weighted by molar-refractivity contribution is -0.126. The van der Waals surface area contributed by atoms with Crippen LogP contribution in [0.5, 0.6) is 0 Å². The Morgan fingerprint density at radius 3 is 2.71 bits per heavy atom. The van der Waals surface area contributed by atoms with Crippen molar-refractivity contribution in [1.82, 2.24) is 10.6 Å². The van der Waals surface area contributed by atoms with Gasteiger partial charge in [0.1, 0.15) is 0 Å². The molecule has 3 nitrogen and oxygen atoms in total. The summed E-state index contributed by atoms with van der Waals surface area (Å²) in [5.41, 5.74) is 1.24. The van der Waals surface area contributed by atoms with Gasteiger partial charge in [0.05, 0.1) is 0 Å². The Morgan fingerprint density at radius 1 is 1.33 bits per heavy atom. The molecule has 1 fully saturated rings. The van der Waals surface area contributed by atoms with Gasteiger partial charge in [0.15, 0.2) is 0 Å². The van der Waals surface area contributed by atoms with Crippen LogP contribution in [0.2, 0.25) is 0 Å². The molecule has 0 radical (unpaired) electrons. The van der Waals surface area contributed by atoms with Crippen molar-refractivity contribution in [2.24, 2.45) is 17.8 Å². The Hall–Kier alpha value is -1.35. The van der Waals surface area contributed by atoms with E-state index in [-0.39, 0.29) is 11.8 Å². The highest BCUT2D eigenvalue weighted by molar-refractivity contribution is 5.79. The summed E-state index contributed by atoms with van der Waals surface area (Å²) in [5.74, 6) is 1.21. The SMILES string of the molecule is CC(C)C(Cc1ccccc1)C(=O)NCC1CCCNC1. The van der Waals surface area contributed by atoms with Crippen LogP contribution in [0.3, 0.4) is 0 Å². The maximum absolute atomic E-state index is 12.5. The number of benzene rings is 1. The maximum atomic E-state index is 12.5. The van der Waals surface area contributed by atoms with Crippen molar-refractivity contribution < 1.29 is 4.79 Å². The highest BCUT2D eigenvalue weighted by atomic mass is 16.1. The van der Waals surface area contributed by atoms with Gasteiger partial charge in [0.2, 0.25) is 5.91 Å². The molecule has 2 N–H and O–H groups in total. The summed E-state index contributed by atoms with van der Waals surface area (Å²) in [6.07, 6.45) is 3.27. The van der Waals surface area contributed by atoms with Gasteiger partial charge in [-0.3, -0.25) is 4.79 Å². The van der Waals surface area contributed by atoms with Gasteiger partial charge < -0.3 is 10.6 Å². The van der Waals surface area contributed by atoms with Crippen molar-refractivity contribution in [2.75, 3.05) is 19.6 Å². The molecule has 2 unspecified atom stereocenters. The minimum atomic E-state index is 0.0592. The van der Waals surface area contributed by atoms with E-state index >= 15 is 0 Å². The van der Waals surface area contributed by atoms with E-state index in [0.29, 0.717) is 11.8 Å². The molecule has 3 heteroatoms. The second-order valence-corrected chi connectivity index (χ2v) is 6.50. The van der Waals surface area contributed by atoms with Gasteiger partial charge in [0, 0.05) is 12.5 Å². The van der Waals surface area contributed by atoms with E-state index in [2.05, 4.69) is 36.6 Å². The van der Waals surface area contributed by atoms with Crippen LogP contribution < -0.4 is 10.6 Å². The molecule has 21 heavy (non-hydrogen) atoms. The van der Waals surface area contributed by atoms with Crippen molar-refractivity contribution in [1.29, 1.82) is 0 Å². The van der Waals surface area contributed by atoms with Crippen LogP contribution in [0, 0.1) is 17.8 Å². The largest absolute Gasteiger partial charge is 0.356 e. The van der Waals surface area contributed by atoms with Crippen molar-refractivity contribution >= 4 is 5.91 Å². The Morgan fingerprint density at radius 2 is 2.10 bits per heavy atom. The van der Waals surface area contributed by atoms with Crippen molar-refractivity contribution in [2.45, 2.75) is 33.1 Å². The molecule has 0 aliphatic carbocycles. The first-order valence-corrected chi connectivity index (χ1v) is 8.19. The molecule has 0 aromatic heterocycles. The Kier molecular flexibility index (Phi) is 6.24. The predicted molar refractivity (Wildman–Crippen MR) is 87.1 cm³/mol. The minimum absolute atomic E-state index is 0.0592. The molecule has 1 aromatic rings. The molecular formula is C18H28N2O. The van der Waals surface area contributed by atoms with Crippen LogP contribution in [0.1, 0.15) is 32.3 Å². The van der Waals surface area contributed by atoms with Crippen LogP contribution >= 0.6 is 0 Å². The molecule has 0 saturated carbocycles. The highest BCUT2D eigenvalue weighted by Crippen LogP contribution is 2.18. The lowest BCUT2D eigenvalue weighted by Gasteiger charge is -2.25. The summed E-state index contributed by atoms with van der Waals surface area (Å²) in [6, 6.07) is 10.3. The lowest BCUT2D eigenvalue weighted by atomic mass is 9.88. The summed E-state index contributed by atoms with van der Waals surface area (Å²) < 4.78 is 0. The third kappa shape index (κ3) is 5.16. The highest BCUT2D eigenvalue weighted by Gasteiger charge is 2.23. The van der Waals surface area contributed by atoms with Crippen LogP contribution in [0.15, 0.2) is 30.3 Å². The topological polar surface area (TPSA) is 41.1 Å². The predicted octanol–water partition coefficient (Wildman–Crippen LogP) is 2.62. The first-order valence-electron chi connectivity index (χ1n) is 8.19. The third-order valence-electron chi connectivity index (χ3n) is 4.40. The lowest BCUT2D eigenvalue weighted by Crippen LogP contribution is -2.41. The van der Waals surface area contributed by atoms with Crippen molar-refractivity contribution in [3.8, 4) is 0 Å². The monoisotopic (exact) mass is 288 g/mol. The molecule has 1 aliphatic heterocycles. The van der Waals surface area contributed by atoms with E-state index in [1.807, 2.05) is 18.2 Å². The fourth-order valence-electron chi connectivity index (χ4n) is 2.97. The summed E-state index contributed by atoms with van der Waals surface area (Å²) in [6.45, 7) is 7.23. The van der Waals surface area contributed by atoms with E-state index in [4.69, 9.17) is 0 Å². The molecule has 0 bridgehead atoms. The average Bonchev–Trinajstić information content (AvgIpc) is 2.52. The van der Waals surface area contributed by atoms with Gasteiger partial charge in [-0.2, -0.15) is 0 Å². The van der Waals surface area contributed by atoms with Crippen molar-refractivity contribution in [3.05, 3.63) is 35.9 Å². The maximum Gasteiger partial charge on any atom is 0.223 e. The van der Waals surface area contributed by atoms with Crippen LogP contribution in [-0.2, 0) is 11.2 Å². The second-order valence-electron chi connectivity index (χ2n) is 6.50. The third-order valence-corrected chi connectivity index (χ3v) is 4.40. The van der Waals surface area contributed by atoms with E-state index in [1.165, 1.54) is 18.4 Å². The fraction of sp³-hybridized carbons (Fsp3) is 0.611. The molecule has 1 amide bonds. The number of carbonyl (C=O) groups excluding carboxylic acids is 1. The number of piperidine rings is 1. The van der Waals surface area contributed by atoms with Crippen molar-refractivity contribution in [3.63, 3.8) is 0 Å². The Bertz CT molecular complexity index is 424. The summed E-state index contributed by atoms with van der Waals surface area (Å²) in [7, 11) is 0. The molecule has 1 aliphatic rings. The van der Waals surface area contributed by atoms with Crippen LogP contribution in [0.4, 0.5) is 0 Å². The fourth-order valence-corrected chi connectivity index (χ4v) is 2.97. The van der Waals surface area contributed by atoms with E-state index in [0.717, 1.165) is 26.1 Å². The first kappa shape index (κ1) is 16.0. The molecule has 1 aromatic carbocycles. The van der Waals surface area contributed by atoms with Gasteiger partial charge in [0.25, 0.3) is 0 Å². The smallest absolute Gasteiger partial charge is 0.223 e. The van der Waals surface area contributed by atoms with Crippen LogP contribution in [0.25, 0.3) is 0 Å². The molecule has 1 saturated heterocycles. The zero-order valence-electron chi connectivity index (χ0n) is 13.3. The van der Waals surface area contributed by atoms with Gasteiger partial charge >= 0.3 is 0 Å². The number of nitrogens with one attached hydrogen (secondary N) is 2. The number of rotatable bonds is 6. The summed E-state index contributed by atoms with van der Waals surface area (Å²) >= 11 is 0. The number of hydrogen-bond acceptors (Lipinski definition) is 2. The van der Waals surface area contributed by atoms with E-state index in [1.54, 1.807) is 0 Å². The molecular weight excluding hydrogens is 260 g/mol. The van der Waals surface area contributed by atoms with Crippen LogP contribution in [-0.4, -0.2) is 25.5 Å². The Labute approximate surface area is 128 Å². The van der Waals surface area contributed by atoms with Gasteiger partial charge in [-0.15, -0.1) is 0 Å². The van der Waals surface area contributed by atoms with E-state index < -0.39 is 0 Å². The molecule has 2 rings (SSSR count). The first-order chi connectivity index (χ1) is 10.2. The molecule has 0 spiro atoms. The normalized spacial score (nSPS) is 20.2. The van der Waals surface area contributed by atoms with Gasteiger partial charge in [-0.25, -0.2) is 0 Å². The zero-order chi connectivity index (χ0) is 15.1. The number of hydrogen-bond donors (Lipinski definition) is 2. The number of carbonyl (C=O) groups is 1. The minimum Gasteiger partial charge on any atom is -0.356 e.